The zero-order valence-electron chi connectivity index (χ0n) is 16.6. The molecule has 1 aliphatic carbocycles. The van der Waals surface area contributed by atoms with E-state index in [9.17, 15) is 14.4 Å². The van der Waals surface area contributed by atoms with Gasteiger partial charge in [-0.05, 0) is 37.0 Å². The predicted octanol–water partition coefficient (Wildman–Crippen LogP) is 1.67. The van der Waals surface area contributed by atoms with Crippen LogP contribution in [0.1, 0.15) is 43.0 Å². The van der Waals surface area contributed by atoms with Crippen LogP contribution >= 0.6 is 0 Å². The summed E-state index contributed by atoms with van der Waals surface area (Å²) in [6, 6.07) is 4.80. The van der Waals surface area contributed by atoms with Gasteiger partial charge in [-0.25, -0.2) is 0 Å². The highest BCUT2D eigenvalue weighted by atomic mass is 16.5. The molecule has 2 rings (SSSR count). The second kappa shape index (κ2) is 10.5. The van der Waals surface area contributed by atoms with Crippen LogP contribution < -0.4 is 20.1 Å². The molecule has 0 saturated heterocycles. The maximum Gasteiger partial charge on any atom is 0.325 e. The van der Waals surface area contributed by atoms with Crippen molar-refractivity contribution in [1.29, 1.82) is 0 Å². The summed E-state index contributed by atoms with van der Waals surface area (Å²) in [4.78, 5) is 35.9. The zero-order chi connectivity index (χ0) is 20.5. The van der Waals surface area contributed by atoms with Gasteiger partial charge in [-0.3, -0.25) is 14.4 Å². The number of carbonyl (C=O) groups excluding carboxylic acids is 3. The van der Waals surface area contributed by atoms with Crippen molar-refractivity contribution >= 4 is 17.8 Å². The Bertz CT molecular complexity index is 706. The quantitative estimate of drug-likeness (QED) is 0.653. The average molecular weight is 392 g/mol. The molecule has 0 bridgehead atoms. The van der Waals surface area contributed by atoms with Crippen LogP contribution in [0.4, 0.5) is 0 Å². The lowest BCUT2D eigenvalue weighted by atomic mass is 9.86. The van der Waals surface area contributed by atoms with Gasteiger partial charge in [-0.2, -0.15) is 0 Å². The number of carbonyl (C=O) groups is 3. The van der Waals surface area contributed by atoms with Gasteiger partial charge in [0.05, 0.1) is 14.2 Å². The first kappa shape index (κ1) is 21.5. The third-order valence-electron chi connectivity index (χ3n) is 4.86. The van der Waals surface area contributed by atoms with Crippen LogP contribution in [0.25, 0.3) is 0 Å². The molecule has 154 valence electrons. The lowest BCUT2D eigenvalue weighted by Gasteiger charge is -2.29. The fourth-order valence-corrected chi connectivity index (χ4v) is 3.21. The van der Waals surface area contributed by atoms with E-state index in [0.29, 0.717) is 23.0 Å². The summed E-state index contributed by atoms with van der Waals surface area (Å²) in [5, 5.41) is 5.37. The van der Waals surface area contributed by atoms with E-state index in [4.69, 9.17) is 14.2 Å². The van der Waals surface area contributed by atoms with Gasteiger partial charge in [-0.15, -0.1) is 0 Å². The Morgan fingerprint density at radius 1 is 1.07 bits per heavy atom. The van der Waals surface area contributed by atoms with E-state index in [1.54, 1.807) is 12.1 Å². The highest BCUT2D eigenvalue weighted by Gasteiger charge is 2.23. The number of methoxy groups -OCH3 is 2. The highest BCUT2D eigenvalue weighted by molar-refractivity contribution is 5.96. The Kier molecular flexibility index (Phi) is 8.10. The van der Waals surface area contributed by atoms with E-state index in [2.05, 4.69) is 17.6 Å². The van der Waals surface area contributed by atoms with Crippen molar-refractivity contribution in [3.63, 3.8) is 0 Å². The highest BCUT2D eigenvalue weighted by Crippen LogP contribution is 2.27. The van der Waals surface area contributed by atoms with Gasteiger partial charge in [0.15, 0.2) is 18.1 Å². The number of hydrogen-bond acceptors (Lipinski definition) is 6. The van der Waals surface area contributed by atoms with Gasteiger partial charge >= 0.3 is 5.97 Å². The predicted molar refractivity (Wildman–Crippen MR) is 102 cm³/mol. The van der Waals surface area contributed by atoms with E-state index in [-0.39, 0.29) is 25.1 Å². The molecule has 1 aromatic carbocycles. The summed E-state index contributed by atoms with van der Waals surface area (Å²) in [5.74, 6) is -0.130. The van der Waals surface area contributed by atoms with Crippen molar-refractivity contribution in [3.05, 3.63) is 23.8 Å². The molecule has 28 heavy (non-hydrogen) atoms. The molecule has 2 amide bonds. The summed E-state index contributed by atoms with van der Waals surface area (Å²) in [5.41, 5.74) is 0.314. The Hall–Kier alpha value is -2.77. The third-order valence-corrected chi connectivity index (χ3v) is 4.86. The lowest BCUT2D eigenvalue weighted by Crippen LogP contribution is -2.43. The molecule has 8 nitrogen and oxygen atoms in total. The molecule has 1 saturated carbocycles. The fraction of sp³-hybridized carbons (Fsp3) is 0.550. The molecule has 1 fully saturated rings. The first-order chi connectivity index (χ1) is 13.4. The average Bonchev–Trinajstić information content (AvgIpc) is 2.71. The number of benzene rings is 1. The molecule has 0 aromatic heterocycles. The van der Waals surface area contributed by atoms with Crippen LogP contribution in [0.2, 0.25) is 0 Å². The first-order valence-corrected chi connectivity index (χ1v) is 9.39. The minimum atomic E-state index is -0.680. The summed E-state index contributed by atoms with van der Waals surface area (Å²) in [6.45, 7) is 1.42. The van der Waals surface area contributed by atoms with Crippen LogP contribution in [0.3, 0.4) is 0 Å². The normalized spacial score (nSPS) is 18.7. The summed E-state index contributed by atoms with van der Waals surface area (Å²) >= 11 is 0. The maximum atomic E-state index is 12.2. The van der Waals surface area contributed by atoms with Crippen molar-refractivity contribution in [1.82, 2.24) is 10.6 Å². The lowest BCUT2D eigenvalue weighted by molar-refractivity contribution is -0.147. The van der Waals surface area contributed by atoms with Crippen molar-refractivity contribution in [2.75, 3.05) is 27.4 Å². The van der Waals surface area contributed by atoms with Crippen LogP contribution in [0.5, 0.6) is 11.5 Å². The molecular formula is C20H28N2O6. The number of nitrogens with one attached hydrogen (secondary N) is 2. The van der Waals surface area contributed by atoms with E-state index < -0.39 is 11.9 Å². The van der Waals surface area contributed by atoms with E-state index >= 15 is 0 Å². The number of hydrogen-bond donors (Lipinski definition) is 2. The molecular weight excluding hydrogens is 364 g/mol. The van der Waals surface area contributed by atoms with Crippen LogP contribution in [0, 0.1) is 5.92 Å². The molecule has 0 aliphatic heterocycles. The molecule has 0 radical (unpaired) electrons. The molecule has 0 unspecified atom stereocenters. The standard InChI is InChI=1S/C20H28N2O6/c1-13-6-4-5-7-15(13)22-18(23)12-28-19(24)11-21-20(25)14-8-9-16(26-2)17(10-14)27-3/h8-10,13,15H,4-7,11-12H2,1-3H3,(H,21,25)(H,22,23)/t13-,15+/m0/s1. The van der Waals surface area contributed by atoms with Gasteiger partial charge in [-0.1, -0.05) is 19.8 Å². The van der Waals surface area contributed by atoms with Crippen molar-refractivity contribution < 1.29 is 28.6 Å². The Morgan fingerprint density at radius 2 is 1.79 bits per heavy atom. The zero-order valence-corrected chi connectivity index (χ0v) is 16.6. The minimum absolute atomic E-state index is 0.129. The number of esters is 1. The van der Waals surface area contributed by atoms with Crippen LogP contribution in [0.15, 0.2) is 18.2 Å². The van der Waals surface area contributed by atoms with E-state index in [1.165, 1.54) is 26.7 Å². The SMILES string of the molecule is COc1ccc(C(=O)NCC(=O)OCC(=O)N[C@@H]2CCCC[C@@H]2C)cc1OC. The van der Waals surface area contributed by atoms with E-state index in [0.717, 1.165) is 19.3 Å². The monoisotopic (exact) mass is 392 g/mol. The molecule has 1 aliphatic rings. The van der Waals surface area contributed by atoms with Gasteiger partial charge in [0.2, 0.25) is 0 Å². The topological polar surface area (TPSA) is 103 Å². The number of ether oxygens (including phenoxy) is 3. The Morgan fingerprint density at radius 3 is 2.46 bits per heavy atom. The summed E-state index contributed by atoms with van der Waals surface area (Å²) in [7, 11) is 2.97. The Labute approximate surface area is 164 Å². The van der Waals surface area contributed by atoms with Gasteiger partial charge in [0.1, 0.15) is 6.54 Å². The molecule has 0 spiro atoms. The first-order valence-electron chi connectivity index (χ1n) is 9.39. The fourth-order valence-electron chi connectivity index (χ4n) is 3.21. The largest absolute Gasteiger partial charge is 0.493 e. The smallest absolute Gasteiger partial charge is 0.325 e. The minimum Gasteiger partial charge on any atom is -0.493 e. The van der Waals surface area contributed by atoms with Crippen molar-refractivity contribution in [2.24, 2.45) is 5.92 Å². The second-order valence-corrected chi connectivity index (χ2v) is 6.85. The van der Waals surface area contributed by atoms with Crippen molar-refractivity contribution in [3.8, 4) is 11.5 Å². The second-order valence-electron chi connectivity index (χ2n) is 6.85. The molecule has 0 heterocycles. The molecule has 8 heteroatoms. The number of amides is 2. The summed E-state index contributed by atoms with van der Waals surface area (Å²) in [6.07, 6.45) is 4.31. The molecule has 2 N–H and O–H groups in total. The molecule has 1 aromatic rings. The van der Waals surface area contributed by atoms with Gasteiger partial charge in [0, 0.05) is 11.6 Å². The Balaban J connectivity index is 1.74. The van der Waals surface area contributed by atoms with Crippen molar-refractivity contribution in [2.45, 2.75) is 38.6 Å². The molecule has 2 atom stereocenters. The third kappa shape index (κ3) is 6.14. The van der Waals surface area contributed by atoms with Crippen LogP contribution in [-0.4, -0.2) is 51.2 Å². The maximum absolute atomic E-state index is 12.2. The van der Waals surface area contributed by atoms with Crippen LogP contribution in [-0.2, 0) is 14.3 Å². The number of rotatable bonds is 8. The van der Waals surface area contributed by atoms with E-state index in [1.807, 2.05) is 0 Å². The van der Waals surface area contributed by atoms with Gasteiger partial charge in [0.25, 0.3) is 11.8 Å². The summed E-state index contributed by atoms with van der Waals surface area (Å²) < 4.78 is 15.2. The van der Waals surface area contributed by atoms with Gasteiger partial charge < -0.3 is 24.8 Å².